The van der Waals surface area contributed by atoms with E-state index in [1.165, 1.54) is 0 Å². The van der Waals surface area contributed by atoms with E-state index >= 15 is 0 Å². The van der Waals surface area contributed by atoms with Gasteiger partial charge in [0.1, 0.15) is 0 Å². The molecule has 5 heteroatoms. The second-order valence-corrected chi connectivity index (χ2v) is 6.28. The molecule has 0 aliphatic carbocycles. The number of methoxy groups -OCH3 is 1. The van der Waals surface area contributed by atoms with E-state index in [9.17, 15) is 4.79 Å². The Morgan fingerprint density at radius 1 is 1.08 bits per heavy atom. The van der Waals surface area contributed by atoms with Gasteiger partial charge < -0.3 is 10.1 Å². The van der Waals surface area contributed by atoms with Crippen molar-refractivity contribution in [3.8, 4) is 0 Å². The highest BCUT2D eigenvalue weighted by Crippen LogP contribution is 2.16. The zero-order chi connectivity index (χ0) is 18.1. The highest BCUT2D eigenvalue weighted by Gasteiger charge is 2.11. The molecule has 1 N–H and O–H groups in total. The van der Waals surface area contributed by atoms with E-state index < -0.39 is 0 Å². The van der Waals surface area contributed by atoms with Crippen molar-refractivity contribution in [3.05, 3.63) is 70.2 Å². The minimum atomic E-state index is 0.00104. The first kappa shape index (κ1) is 19.4. The van der Waals surface area contributed by atoms with Crippen LogP contribution in [0.1, 0.15) is 23.6 Å². The maximum Gasteiger partial charge on any atom is 0.234 e. The van der Waals surface area contributed by atoms with Gasteiger partial charge >= 0.3 is 0 Å². The summed E-state index contributed by atoms with van der Waals surface area (Å²) in [5.41, 5.74) is 3.20. The van der Waals surface area contributed by atoms with Crippen molar-refractivity contribution in [1.82, 2.24) is 10.2 Å². The first-order valence-corrected chi connectivity index (χ1v) is 8.80. The molecule has 1 amide bonds. The topological polar surface area (TPSA) is 41.6 Å². The monoisotopic (exact) mass is 360 g/mol. The molecule has 0 spiro atoms. The summed E-state index contributed by atoms with van der Waals surface area (Å²) in [4.78, 5) is 14.4. The number of nitrogens with one attached hydrogen (secondary N) is 1. The Hall–Kier alpha value is -1.88. The average molecular weight is 361 g/mol. The molecule has 2 aromatic rings. The molecular weight excluding hydrogens is 336 g/mol. The summed E-state index contributed by atoms with van der Waals surface area (Å²) >= 11 is 6.21. The van der Waals surface area contributed by atoms with E-state index in [0.29, 0.717) is 26.2 Å². The number of likely N-dealkylation sites (N-methyl/N-ethyl adjacent to an activating group) is 1. The summed E-state index contributed by atoms with van der Waals surface area (Å²) in [5, 5.41) is 3.73. The first-order chi connectivity index (χ1) is 12.1. The van der Waals surface area contributed by atoms with E-state index in [1.807, 2.05) is 55.5 Å². The van der Waals surface area contributed by atoms with Crippen molar-refractivity contribution in [2.45, 2.75) is 26.6 Å². The molecule has 0 bridgehead atoms. The van der Waals surface area contributed by atoms with Crippen LogP contribution in [0.25, 0.3) is 0 Å². The van der Waals surface area contributed by atoms with Crippen LogP contribution in [0.15, 0.2) is 48.5 Å². The number of amides is 1. The Balaban J connectivity index is 1.89. The standard InChI is InChI=1S/C20H25ClN2O2/c1-3-23(13-17-9-6-7-11-19(17)21)14-20(24)22-12-16-8-4-5-10-18(16)15-25-2/h4-11H,3,12-15H2,1-2H3,(H,22,24). The van der Waals surface area contributed by atoms with Gasteiger partial charge in [0.15, 0.2) is 0 Å². The highest BCUT2D eigenvalue weighted by molar-refractivity contribution is 6.31. The lowest BCUT2D eigenvalue weighted by atomic mass is 10.1. The average Bonchev–Trinajstić information content (AvgIpc) is 2.62. The van der Waals surface area contributed by atoms with Crippen molar-refractivity contribution in [2.24, 2.45) is 0 Å². The summed E-state index contributed by atoms with van der Waals surface area (Å²) < 4.78 is 5.20. The lowest BCUT2D eigenvalue weighted by Crippen LogP contribution is -2.36. The normalized spacial score (nSPS) is 10.9. The molecule has 134 valence electrons. The number of halogens is 1. The molecule has 0 saturated heterocycles. The van der Waals surface area contributed by atoms with Crippen molar-refractivity contribution in [3.63, 3.8) is 0 Å². The third kappa shape index (κ3) is 6.16. The van der Waals surface area contributed by atoms with Crippen LogP contribution in [0.5, 0.6) is 0 Å². The number of ether oxygens (including phenoxy) is 1. The smallest absolute Gasteiger partial charge is 0.234 e. The van der Waals surface area contributed by atoms with Gasteiger partial charge in [-0.15, -0.1) is 0 Å². The SMILES string of the molecule is CCN(CC(=O)NCc1ccccc1COC)Cc1ccccc1Cl. The maximum absolute atomic E-state index is 12.3. The molecule has 0 saturated carbocycles. The molecule has 0 radical (unpaired) electrons. The second-order valence-electron chi connectivity index (χ2n) is 5.87. The number of hydrogen-bond donors (Lipinski definition) is 1. The Bertz CT molecular complexity index is 691. The Morgan fingerprint density at radius 2 is 1.72 bits per heavy atom. The predicted molar refractivity (Wildman–Crippen MR) is 101 cm³/mol. The molecule has 0 fully saturated rings. The van der Waals surface area contributed by atoms with Crippen molar-refractivity contribution in [1.29, 1.82) is 0 Å². The first-order valence-electron chi connectivity index (χ1n) is 8.42. The van der Waals surface area contributed by atoms with Crippen LogP contribution in [-0.2, 0) is 29.2 Å². The fourth-order valence-electron chi connectivity index (χ4n) is 2.63. The molecular formula is C20H25ClN2O2. The third-order valence-electron chi connectivity index (χ3n) is 4.06. The fraction of sp³-hybridized carbons (Fsp3) is 0.350. The number of nitrogens with zero attached hydrogens (tertiary/aromatic N) is 1. The van der Waals surface area contributed by atoms with Gasteiger partial charge in [0.05, 0.1) is 13.2 Å². The van der Waals surface area contributed by atoms with Gasteiger partial charge in [-0.25, -0.2) is 0 Å². The lowest BCUT2D eigenvalue weighted by Gasteiger charge is -2.20. The molecule has 25 heavy (non-hydrogen) atoms. The van der Waals surface area contributed by atoms with Crippen LogP contribution in [0.3, 0.4) is 0 Å². The molecule has 2 aromatic carbocycles. The fourth-order valence-corrected chi connectivity index (χ4v) is 2.82. The lowest BCUT2D eigenvalue weighted by molar-refractivity contribution is -0.122. The van der Waals surface area contributed by atoms with Gasteiger partial charge in [0.2, 0.25) is 5.91 Å². The van der Waals surface area contributed by atoms with E-state index in [2.05, 4.69) is 10.2 Å². The van der Waals surface area contributed by atoms with Crippen LogP contribution < -0.4 is 5.32 Å². The van der Waals surface area contributed by atoms with Crippen molar-refractivity contribution < 1.29 is 9.53 Å². The number of hydrogen-bond acceptors (Lipinski definition) is 3. The molecule has 4 nitrogen and oxygen atoms in total. The molecule has 0 aliphatic heterocycles. The molecule has 0 heterocycles. The van der Waals surface area contributed by atoms with E-state index in [4.69, 9.17) is 16.3 Å². The number of carbonyl (C=O) groups excluding carboxylic acids is 1. The minimum Gasteiger partial charge on any atom is -0.380 e. The molecule has 0 unspecified atom stereocenters. The Labute approximate surface area is 154 Å². The van der Waals surface area contributed by atoms with Crippen LogP contribution in [0.4, 0.5) is 0 Å². The molecule has 2 rings (SSSR count). The quantitative estimate of drug-likeness (QED) is 0.742. The number of carbonyl (C=O) groups is 1. The molecule has 0 aliphatic rings. The van der Waals surface area contributed by atoms with Gasteiger partial charge in [-0.05, 0) is 29.3 Å². The summed E-state index contributed by atoms with van der Waals surface area (Å²) in [5.74, 6) is 0.00104. The maximum atomic E-state index is 12.3. The van der Waals surface area contributed by atoms with Crippen LogP contribution in [-0.4, -0.2) is 31.0 Å². The predicted octanol–water partition coefficient (Wildman–Crippen LogP) is 3.62. The van der Waals surface area contributed by atoms with Crippen molar-refractivity contribution in [2.75, 3.05) is 20.2 Å². The van der Waals surface area contributed by atoms with Gasteiger partial charge in [0, 0.05) is 25.2 Å². The minimum absolute atomic E-state index is 0.00104. The summed E-state index contributed by atoms with van der Waals surface area (Å²) in [6.07, 6.45) is 0. The zero-order valence-corrected chi connectivity index (χ0v) is 15.6. The Kier molecular flexibility index (Phi) is 7.92. The molecule has 0 atom stereocenters. The third-order valence-corrected chi connectivity index (χ3v) is 4.43. The van der Waals surface area contributed by atoms with Crippen LogP contribution in [0.2, 0.25) is 5.02 Å². The van der Waals surface area contributed by atoms with E-state index in [-0.39, 0.29) is 5.91 Å². The van der Waals surface area contributed by atoms with E-state index in [0.717, 1.165) is 28.3 Å². The van der Waals surface area contributed by atoms with Crippen molar-refractivity contribution >= 4 is 17.5 Å². The number of rotatable bonds is 9. The van der Waals surface area contributed by atoms with Gasteiger partial charge in [0.25, 0.3) is 0 Å². The summed E-state index contributed by atoms with van der Waals surface area (Å²) in [6.45, 7) is 4.86. The second kappa shape index (κ2) is 10.2. The summed E-state index contributed by atoms with van der Waals surface area (Å²) in [6, 6.07) is 15.7. The largest absolute Gasteiger partial charge is 0.380 e. The van der Waals surface area contributed by atoms with E-state index in [1.54, 1.807) is 7.11 Å². The van der Waals surface area contributed by atoms with Gasteiger partial charge in [-0.3, -0.25) is 9.69 Å². The van der Waals surface area contributed by atoms with Crippen LogP contribution >= 0.6 is 11.6 Å². The molecule has 0 aromatic heterocycles. The van der Waals surface area contributed by atoms with Gasteiger partial charge in [-0.1, -0.05) is 61.0 Å². The Morgan fingerprint density at radius 3 is 2.36 bits per heavy atom. The van der Waals surface area contributed by atoms with Crippen LogP contribution in [0, 0.1) is 0 Å². The van der Waals surface area contributed by atoms with Gasteiger partial charge in [-0.2, -0.15) is 0 Å². The number of benzene rings is 2. The highest BCUT2D eigenvalue weighted by atomic mass is 35.5. The zero-order valence-electron chi connectivity index (χ0n) is 14.8. The summed E-state index contributed by atoms with van der Waals surface area (Å²) in [7, 11) is 1.67.